The van der Waals surface area contributed by atoms with Gasteiger partial charge in [-0.1, -0.05) is 6.92 Å². The number of hydrogen-bond donors (Lipinski definition) is 1. The molecule has 4 heteroatoms. The minimum atomic E-state index is 0.662. The Balaban J connectivity index is 1.81. The van der Waals surface area contributed by atoms with Crippen LogP contribution >= 0.6 is 0 Å². The van der Waals surface area contributed by atoms with Crippen LogP contribution in [0.5, 0.6) is 5.75 Å². The first-order valence-electron chi connectivity index (χ1n) is 7.89. The van der Waals surface area contributed by atoms with Gasteiger partial charge in [0.05, 0.1) is 18.1 Å². The van der Waals surface area contributed by atoms with Gasteiger partial charge in [-0.15, -0.1) is 0 Å². The van der Waals surface area contributed by atoms with Gasteiger partial charge in [-0.2, -0.15) is 0 Å². The summed E-state index contributed by atoms with van der Waals surface area (Å²) < 4.78 is 7.51. The highest BCUT2D eigenvalue weighted by atomic mass is 16.5. The van der Waals surface area contributed by atoms with E-state index < -0.39 is 0 Å². The van der Waals surface area contributed by atoms with Crippen LogP contribution in [0.25, 0.3) is 11.0 Å². The summed E-state index contributed by atoms with van der Waals surface area (Å²) in [6, 6.07) is 6.12. The third-order valence-electron chi connectivity index (χ3n) is 4.82. The third-order valence-corrected chi connectivity index (χ3v) is 4.82. The SMILES string of the molecule is COc1ccc2c(c1)nc(CC(C)C1CCCNC1)n2C. The van der Waals surface area contributed by atoms with E-state index in [-0.39, 0.29) is 0 Å². The van der Waals surface area contributed by atoms with Crippen LogP contribution in [0, 0.1) is 11.8 Å². The van der Waals surface area contributed by atoms with Gasteiger partial charge in [-0.25, -0.2) is 4.98 Å². The molecule has 0 bridgehead atoms. The number of ether oxygens (including phenoxy) is 1. The van der Waals surface area contributed by atoms with Gasteiger partial charge in [0.25, 0.3) is 0 Å². The van der Waals surface area contributed by atoms with Crippen molar-refractivity contribution in [2.45, 2.75) is 26.2 Å². The molecule has 1 aliphatic rings. The highest BCUT2D eigenvalue weighted by molar-refractivity contribution is 5.77. The molecule has 3 rings (SSSR count). The molecule has 1 aromatic carbocycles. The second kappa shape index (κ2) is 6.06. The molecule has 1 N–H and O–H groups in total. The first-order valence-corrected chi connectivity index (χ1v) is 7.89. The average molecular weight is 287 g/mol. The first-order chi connectivity index (χ1) is 10.2. The number of benzene rings is 1. The number of nitrogens with one attached hydrogen (secondary N) is 1. The summed E-state index contributed by atoms with van der Waals surface area (Å²) in [7, 11) is 3.81. The smallest absolute Gasteiger partial charge is 0.121 e. The van der Waals surface area contributed by atoms with Crippen molar-refractivity contribution in [2.75, 3.05) is 20.2 Å². The normalized spacial score (nSPS) is 20.6. The predicted molar refractivity (Wildman–Crippen MR) is 85.7 cm³/mol. The number of hydrogen-bond acceptors (Lipinski definition) is 3. The molecule has 4 nitrogen and oxygen atoms in total. The Kier molecular flexibility index (Phi) is 4.15. The summed E-state index contributed by atoms with van der Waals surface area (Å²) in [5.41, 5.74) is 2.21. The van der Waals surface area contributed by atoms with E-state index in [1.54, 1.807) is 7.11 Å². The summed E-state index contributed by atoms with van der Waals surface area (Å²) in [5.74, 6) is 3.48. The number of fused-ring (bicyclic) bond motifs is 1. The standard InChI is InChI=1S/C17H25N3O/c1-12(13-5-4-8-18-11-13)9-17-19-15-10-14(21-3)6-7-16(15)20(17)2/h6-7,10,12-13,18H,4-5,8-9,11H2,1-3H3. The van der Waals surface area contributed by atoms with Gasteiger partial charge in [0.15, 0.2) is 0 Å². The molecule has 1 aliphatic heterocycles. The molecule has 0 spiro atoms. The monoisotopic (exact) mass is 287 g/mol. The van der Waals surface area contributed by atoms with Gasteiger partial charge in [-0.3, -0.25) is 0 Å². The lowest BCUT2D eigenvalue weighted by Gasteiger charge is -2.28. The highest BCUT2D eigenvalue weighted by Gasteiger charge is 2.22. The predicted octanol–water partition coefficient (Wildman–Crippen LogP) is 2.76. The molecule has 0 radical (unpaired) electrons. The van der Waals surface area contributed by atoms with Crippen LogP contribution in [0.3, 0.4) is 0 Å². The topological polar surface area (TPSA) is 39.1 Å². The molecule has 1 saturated heterocycles. The molecule has 0 aliphatic carbocycles. The van der Waals surface area contributed by atoms with Crippen molar-refractivity contribution in [2.24, 2.45) is 18.9 Å². The molecule has 2 unspecified atom stereocenters. The molecule has 114 valence electrons. The zero-order chi connectivity index (χ0) is 14.8. The fourth-order valence-corrected chi connectivity index (χ4v) is 3.36. The Hall–Kier alpha value is -1.55. The lowest BCUT2D eigenvalue weighted by Crippen LogP contribution is -2.34. The van der Waals surface area contributed by atoms with E-state index in [0.29, 0.717) is 5.92 Å². The fraction of sp³-hybridized carbons (Fsp3) is 0.588. The van der Waals surface area contributed by atoms with E-state index in [0.717, 1.165) is 30.1 Å². The zero-order valence-corrected chi connectivity index (χ0v) is 13.2. The van der Waals surface area contributed by atoms with Crippen LogP contribution in [-0.2, 0) is 13.5 Å². The third kappa shape index (κ3) is 2.91. The molecule has 21 heavy (non-hydrogen) atoms. The summed E-state index contributed by atoms with van der Waals surface area (Å²) >= 11 is 0. The number of nitrogens with zero attached hydrogens (tertiary/aromatic N) is 2. The summed E-state index contributed by atoms with van der Waals surface area (Å²) in [5, 5.41) is 3.51. The molecular weight excluding hydrogens is 262 g/mol. The molecule has 1 aromatic heterocycles. The van der Waals surface area contributed by atoms with Crippen molar-refractivity contribution in [3.8, 4) is 5.75 Å². The second-order valence-corrected chi connectivity index (χ2v) is 6.23. The average Bonchev–Trinajstić information content (AvgIpc) is 2.83. The van der Waals surface area contributed by atoms with Crippen LogP contribution in [-0.4, -0.2) is 29.8 Å². The van der Waals surface area contributed by atoms with Crippen LogP contribution < -0.4 is 10.1 Å². The van der Waals surface area contributed by atoms with Gasteiger partial charge in [-0.05, 0) is 49.9 Å². The van der Waals surface area contributed by atoms with Gasteiger partial charge < -0.3 is 14.6 Å². The first kappa shape index (κ1) is 14.4. The number of methoxy groups -OCH3 is 1. The number of imidazole rings is 1. The van der Waals surface area contributed by atoms with Crippen molar-refractivity contribution in [3.63, 3.8) is 0 Å². The maximum Gasteiger partial charge on any atom is 0.121 e. The van der Waals surface area contributed by atoms with Crippen molar-refractivity contribution in [1.29, 1.82) is 0 Å². The zero-order valence-electron chi connectivity index (χ0n) is 13.2. The lowest BCUT2D eigenvalue weighted by molar-refractivity contribution is 0.275. The van der Waals surface area contributed by atoms with E-state index in [1.165, 1.54) is 30.7 Å². The van der Waals surface area contributed by atoms with E-state index in [2.05, 4.69) is 29.9 Å². The number of aromatic nitrogens is 2. The molecule has 0 amide bonds. The Morgan fingerprint density at radius 1 is 1.48 bits per heavy atom. The highest BCUT2D eigenvalue weighted by Crippen LogP contribution is 2.26. The molecule has 2 heterocycles. The van der Waals surface area contributed by atoms with Crippen LogP contribution in [0.15, 0.2) is 18.2 Å². The summed E-state index contributed by atoms with van der Waals surface area (Å²) in [6.07, 6.45) is 3.68. The lowest BCUT2D eigenvalue weighted by atomic mass is 9.85. The van der Waals surface area contributed by atoms with Gasteiger partial charge in [0.2, 0.25) is 0 Å². The molecular formula is C17H25N3O. The minimum absolute atomic E-state index is 0.662. The summed E-state index contributed by atoms with van der Waals surface area (Å²) in [6.45, 7) is 4.69. The Morgan fingerprint density at radius 3 is 3.05 bits per heavy atom. The van der Waals surface area contributed by atoms with Gasteiger partial charge in [0, 0.05) is 19.5 Å². The van der Waals surface area contributed by atoms with E-state index in [9.17, 15) is 0 Å². The molecule has 1 fully saturated rings. The van der Waals surface area contributed by atoms with Gasteiger partial charge >= 0.3 is 0 Å². The fourth-order valence-electron chi connectivity index (χ4n) is 3.36. The molecule has 0 saturated carbocycles. The van der Waals surface area contributed by atoms with E-state index in [4.69, 9.17) is 9.72 Å². The van der Waals surface area contributed by atoms with Crippen molar-refractivity contribution in [1.82, 2.24) is 14.9 Å². The maximum atomic E-state index is 5.29. The van der Waals surface area contributed by atoms with Crippen molar-refractivity contribution < 1.29 is 4.74 Å². The Labute approximate surface area is 126 Å². The van der Waals surface area contributed by atoms with Crippen molar-refractivity contribution >= 4 is 11.0 Å². The number of piperidine rings is 1. The minimum Gasteiger partial charge on any atom is -0.497 e. The van der Waals surface area contributed by atoms with Crippen LogP contribution in [0.2, 0.25) is 0 Å². The second-order valence-electron chi connectivity index (χ2n) is 6.23. The summed E-state index contributed by atoms with van der Waals surface area (Å²) in [4.78, 5) is 4.82. The van der Waals surface area contributed by atoms with E-state index >= 15 is 0 Å². The van der Waals surface area contributed by atoms with Crippen LogP contribution in [0.4, 0.5) is 0 Å². The molecule has 2 aromatic rings. The van der Waals surface area contributed by atoms with Crippen molar-refractivity contribution in [3.05, 3.63) is 24.0 Å². The van der Waals surface area contributed by atoms with Gasteiger partial charge in [0.1, 0.15) is 11.6 Å². The largest absolute Gasteiger partial charge is 0.497 e. The molecule has 2 atom stereocenters. The maximum absolute atomic E-state index is 5.29. The number of aryl methyl sites for hydroxylation is 1. The Morgan fingerprint density at radius 2 is 2.33 bits per heavy atom. The Bertz CT molecular complexity index is 614. The van der Waals surface area contributed by atoms with Crippen LogP contribution in [0.1, 0.15) is 25.6 Å². The van der Waals surface area contributed by atoms with E-state index in [1.807, 2.05) is 12.1 Å². The number of rotatable bonds is 4. The quantitative estimate of drug-likeness (QED) is 0.940.